The lowest BCUT2D eigenvalue weighted by atomic mass is 10.1. The van der Waals surface area contributed by atoms with Crippen molar-refractivity contribution >= 4 is 27.7 Å². The van der Waals surface area contributed by atoms with Gasteiger partial charge in [-0.1, -0.05) is 66.7 Å². The zero-order chi connectivity index (χ0) is 21.6. The van der Waals surface area contributed by atoms with Gasteiger partial charge < -0.3 is 5.32 Å². The first-order valence-electron chi connectivity index (χ1n) is 9.44. The number of hydrogen-bond acceptors (Lipinski definition) is 4. The number of thioether (sulfide) groups is 1. The van der Waals surface area contributed by atoms with Crippen LogP contribution in [0.4, 0.5) is 0 Å². The number of hydrogen-bond donors (Lipinski definition) is 1. The van der Waals surface area contributed by atoms with E-state index in [0.717, 1.165) is 10.5 Å². The second-order valence-electron chi connectivity index (χ2n) is 6.83. The lowest BCUT2D eigenvalue weighted by molar-refractivity contribution is -0.120. The molecular formula is C23H24N2O3S2. The molecule has 0 saturated heterocycles. The summed E-state index contributed by atoms with van der Waals surface area (Å²) in [6, 6.07) is 26.0. The van der Waals surface area contributed by atoms with E-state index < -0.39 is 15.3 Å². The van der Waals surface area contributed by atoms with Gasteiger partial charge in [0.1, 0.15) is 5.25 Å². The molecule has 0 aliphatic carbocycles. The van der Waals surface area contributed by atoms with Crippen molar-refractivity contribution in [3.8, 4) is 0 Å². The van der Waals surface area contributed by atoms with Crippen LogP contribution in [-0.4, -0.2) is 32.7 Å². The summed E-state index contributed by atoms with van der Waals surface area (Å²) < 4.78 is 26.4. The zero-order valence-corrected chi connectivity index (χ0v) is 18.5. The Hall–Kier alpha value is -2.61. The molecule has 0 fully saturated rings. The second-order valence-corrected chi connectivity index (χ2v) is 10.1. The van der Waals surface area contributed by atoms with Crippen LogP contribution in [0.5, 0.6) is 0 Å². The van der Waals surface area contributed by atoms with Crippen molar-refractivity contribution < 1.29 is 13.2 Å². The number of sulfonamides is 1. The van der Waals surface area contributed by atoms with E-state index in [1.165, 1.54) is 30.2 Å². The standard InChI is InChI=1S/C23H24N2O3S2/c1-25(2)30(27,28)21-16-10-9-13-19(21)17-24-23(26)22(18-11-5-3-6-12-18)29-20-14-7-4-8-15-20/h3-16,22H,17H2,1-2H3,(H,24,26). The van der Waals surface area contributed by atoms with E-state index in [1.807, 2.05) is 60.7 Å². The first-order chi connectivity index (χ1) is 14.4. The van der Waals surface area contributed by atoms with Gasteiger partial charge in [-0.3, -0.25) is 4.79 Å². The fraction of sp³-hybridized carbons (Fsp3) is 0.174. The van der Waals surface area contributed by atoms with Gasteiger partial charge in [-0.25, -0.2) is 12.7 Å². The molecule has 0 aliphatic rings. The summed E-state index contributed by atoms with van der Waals surface area (Å²) >= 11 is 1.46. The minimum Gasteiger partial charge on any atom is -0.351 e. The minimum atomic E-state index is -3.60. The molecule has 0 aliphatic heterocycles. The normalized spacial score (nSPS) is 12.5. The SMILES string of the molecule is CN(C)S(=O)(=O)c1ccccc1CNC(=O)C(Sc1ccccc1)c1ccccc1. The van der Waals surface area contributed by atoms with Gasteiger partial charge in [0, 0.05) is 25.5 Å². The van der Waals surface area contributed by atoms with Crippen molar-refractivity contribution in [2.45, 2.75) is 21.6 Å². The van der Waals surface area contributed by atoms with E-state index in [4.69, 9.17) is 0 Å². The fourth-order valence-corrected chi connectivity index (χ4v) is 5.09. The Labute approximate surface area is 182 Å². The zero-order valence-electron chi connectivity index (χ0n) is 16.9. The summed E-state index contributed by atoms with van der Waals surface area (Å²) in [5, 5.41) is 2.47. The van der Waals surface area contributed by atoms with Gasteiger partial charge in [0.2, 0.25) is 15.9 Å². The van der Waals surface area contributed by atoms with Gasteiger partial charge in [-0.15, -0.1) is 11.8 Å². The number of amides is 1. The van der Waals surface area contributed by atoms with E-state index in [0.29, 0.717) is 5.56 Å². The maximum absolute atomic E-state index is 13.1. The van der Waals surface area contributed by atoms with Crippen LogP contribution in [0.15, 0.2) is 94.7 Å². The third-order valence-electron chi connectivity index (χ3n) is 4.52. The number of rotatable bonds is 8. The van der Waals surface area contributed by atoms with Crippen molar-refractivity contribution in [1.29, 1.82) is 0 Å². The van der Waals surface area contributed by atoms with Crippen molar-refractivity contribution in [3.05, 3.63) is 96.1 Å². The summed E-state index contributed by atoms with van der Waals surface area (Å²) in [4.78, 5) is 14.3. The van der Waals surface area contributed by atoms with Crippen LogP contribution < -0.4 is 5.32 Å². The smallest absolute Gasteiger partial charge is 0.242 e. The largest absolute Gasteiger partial charge is 0.351 e. The summed E-state index contributed by atoms with van der Waals surface area (Å²) in [5.74, 6) is -0.174. The molecule has 3 rings (SSSR count). The molecule has 1 atom stereocenters. The van der Waals surface area contributed by atoms with E-state index in [9.17, 15) is 13.2 Å². The Bertz CT molecular complexity index is 1090. The van der Waals surface area contributed by atoms with E-state index in [-0.39, 0.29) is 17.3 Å². The highest BCUT2D eigenvalue weighted by molar-refractivity contribution is 8.00. The number of nitrogens with zero attached hydrogens (tertiary/aromatic N) is 1. The van der Waals surface area contributed by atoms with E-state index in [2.05, 4.69) is 5.32 Å². The van der Waals surface area contributed by atoms with Crippen LogP contribution in [-0.2, 0) is 21.4 Å². The predicted octanol–water partition coefficient (Wildman–Crippen LogP) is 4.09. The topological polar surface area (TPSA) is 66.5 Å². The van der Waals surface area contributed by atoms with Gasteiger partial charge in [0.25, 0.3) is 0 Å². The minimum absolute atomic E-state index is 0.126. The van der Waals surface area contributed by atoms with E-state index >= 15 is 0 Å². The average Bonchev–Trinajstić information content (AvgIpc) is 2.77. The third-order valence-corrected chi connectivity index (χ3v) is 7.70. The maximum atomic E-state index is 13.1. The number of benzene rings is 3. The lowest BCUT2D eigenvalue weighted by Crippen LogP contribution is -2.29. The molecule has 3 aromatic carbocycles. The quantitative estimate of drug-likeness (QED) is 0.536. The Balaban J connectivity index is 1.82. The molecule has 30 heavy (non-hydrogen) atoms. The molecule has 0 radical (unpaired) electrons. The van der Waals surface area contributed by atoms with Gasteiger partial charge in [0.15, 0.2) is 0 Å². The van der Waals surface area contributed by atoms with Gasteiger partial charge in [-0.05, 0) is 29.3 Å². The molecular weight excluding hydrogens is 416 g/mol. The van der Waals surface area contributed by atoms with Crippen LogP contribution in [0, 0.1) is 0 Å². The average molecular weight is 441 g/mol. The number of carbonyl (C=O) groups excluding carboxylic acids is 1. The molecule has 3 aromatic rings. The predicted molar refractivity (Wildman–Crippen MR) is 121 cm³/mol. The van der Waals surface area contributed by atoms with Gasteiger partial charge >= 0.3 is 0 Å². The Kier molecular flexibility index (Phi) is 7.31. The second kappa shape index (κ2) is 9.93. The monoisotopic (exact) mass is 440 g/mol. The summed E-state index contributed by atoms with van der Waals surface area (Å²) in [5.41, 5.74) is 1.44. The molecule has 156 valence electrons. The first kappa shape index (κ1) is 22.1. The Morgan fingerprint density at radius 3 is 2.10 bits per heavy atom. The molecule has 1 unspecified atom stereocenters. The molecule has 1 amide bonds. The summed E-state index contributed by atoms with van der Waals surface area (Å²) in [7, 11) is -0.614. The fourth-order valence-electron chi connectivity index (χ4n) is 2.91. The molecule has 0 heterocycles. The molecule has 0 spiro atoms. The molecule has 7 heteroatoms. The summed E-state index contributed by atoms with van der Waals surface area (Å²) in [6.07, 6.45) is 0. The van der Waals surface area contributed by atoms with Crippen LogP contribution in [0.1, 0.15) is 16.4 Å². The van der Waals surface area contributed by atoms with Crippen molar-refractivity contribution in [2.24, 2.45) is 0 Å². The first-order valence-corrected chi connectivity index (χ1v) is 11.8. The van der Waals surface area contributed by atoms with Crippen LogP contribution in [0.3, 0.4) is 0 Å². The van der Waals surface area contributed by atoms with E-state index in [1.54, 1.807) is 24.3 Å². The third kappa shape index (κ3) is 5.30. The lowest BCUT2D eigenvalue weighted by Gasteiger charge is -2.19. The highest BCUT2D eigenvalue weighted by atomic mass is 32.2. The Morgan fingerprint density at radius 2 is 1.47 bits per heavy atom. The highest BCUT2D eigenvalue weighted by Gasteiger charge is 2.24. The molecule has 5 nitrogen and oxygen atoms in total. The molecule has 0 saturated carbocycles. The highest BCUT2D eigenvalue weighted by Crippen LogP contribution is 2.35. The van der Waals surface area contributed by atoms with Gasteiger partial charge in [-0.2, -0.15) is 0 Å². The molecule has 1 N–H and O–H groups in total. The van der Waals surface area contributed by atoms with Crippen LogP contribution in [0.25, 0.3) is 0 Å². The van der Waals surface area contributed by atoms with Gasteiger partial charge in [0.05, 0.1) is 4.90 Å². The maximum Gasteiger partial charge on any atom is 0.242 e. The summed E-state index contributed by atoms with van der Waals surface area (Å²) in [6.45, 7) is 0.126. The molecule has 0 aromatic heterocycles. The Morgan fingerprint density at radius 1 is 0.900 bits per heavy atom. The van der Waals surface area contributed by atoms with Crippen LogP contribution >= 0.6 is 11.8 Å². The van der Waals surface area contributed by atoms with Crippen molar-refractivity contribution in [2.75, 3.05) is 14.1 Å². The van der Waals surface area contributed by atoms with Crippen LogP contribution in [0.2, 0.25) is 0 Å². The molecule has 0 bridgehead atoms. The van der Waals surface area contributed by atoms with Crippen molar-refractivity contribution in [3.63, 3.8) is 0 Å². The number of nitrogens with one attached hydrogen (secondary N) is 1. The number of carbonyl (C=O) groups is 1. The van der Waals surface area contributed by atoms with Crippen molar-refractivity contribution in [1.82, 2.24) is 9.62 Å².